The summed E-state index contributed by atoms with van der Waals surface area (Å²) >= 11 is 0. The van der Waals surface area contributed by atoms with Gasteiger partial charge in [-0.15, -0.1) is 0 Å². The van der Waals surface area contributed by atoms with Gasteiger partial charge in [-0.3, -0.25) is 4.98 Å². The van der Waals surface area contributed by atoms with Gasteiger partial charge in [0.1, 0.15) is 0 Å². The normalized spacial score (nSPS) is 23.1. The number of carbonyl (C=O) groups excluding carboxylic acids is 1. The first-order chi connectivity index (χ1) is 10.8. The Morgan fingerprint density at radius 2 is 2.23 bits per heavy atom. The Hall–Kier alpha value is -1.58. The first-order valence-corrected chi connectivity index (χ1v) is 8.77. The van der Waals surface area contributed by atoms with Crippen LogP contribution in [0.25, 0.3) is 0 Å². The standard InChI is InChI=1S/C18H27N3O/c1-2-7-16(15-10-3-4-12-19-15)20-18(22)21-13-6-11-17(21)14-8-5-9-14/h3-4,10,12,14,16-17H,2,5-9,11,13H2,1H3,(H,20,22)/t16-,17+/m1/s1. The summed E-state index contributed by atoms with van der Waals surface area (Å²) < 4.78 is 0. The highest BCUT2D eigenvalue weighted by Gasteiger charge is 2.37. The molecule has 2 heterocycles. The van der Waals surface area contributed by atoms with Crippen LogP contribution in [0.3, 0.4) is 0 Å². The fraction of sp³-hybridized carbons (Fsp3) is 0.667. The molecule has 4 heteroatoms. The highest BCUT2D eigenvalue weighted by molar-refractivity contribution is 5.75. The van der Waals surface area contributed by atoms with Crippen LogP contribution >= 0.6 is 0 Å². The molecule has 2 aliphatic rings. The third-order valence-electron chi connectivity index (χ3n) is 5.17. The molecule has 2 amide bonds. The molecule has 1 aliphatic heterocycles. The Balaban J connectivity index is 1.65. The van der Waals surface area contributed by atoms with Gasteiger partial charge in [0.15, 0.2) is 0 Å². The average Bonchev–Trinajstić information content (AvgIpc) is 2.95. The molecule has 120 valence electrons. The number of hydrogen-bond acceptors (Lipinski definition) is 2. The van der Waals surface area contributed by atoms with E-state index < -0.39 is 0 Å². The first-order valence-electron chi connectivity index (χ1n) is 8.77. The molecular weight excluding hydrogens is 274 g/mol. The van der Waals surface area contributed by atoms with Crippen molar-refractivity contribution in [2.75, 3.05) is 6.54 Å². The number of nitrogens with zero attached hydrogens (tertiary/aromatic N) is 2. The molecule has 22 heavy (non-hydrogen) atoms. The van der Waals surface area contributed by atoms with Gasteiger partial charge in [-0.1, -0.05) is 25.8 Å². The summed E-state index contributed by atoms with van der Waals surface area (Å²) in [4.78, 5) is 19.3. The summed E-state index contributed by atoms with van der Waals surface area (Å²) in [6.45, 7) is 3.06. The molecule has 0 spiro atoms. The fourth-order valence-electron chi connectivity index (χ4n) is 3.76. The van der Waals surface area contributed by atoms with Crippen molar-refractivity contribution in [2.24, 2.45) is 5.92 Å². The van der Waals surface area contributed by atoms with Crippen molar-refractivity contribution in [1.29, 1.82) is 0 Å². The van der Waals surface area contributed by atoms with Crippen molar-refractivity contribution in [3.05, 3.63) is 30.1 Å². The zero-order valence-electron chi connectivity index (χ0n) is 13.5. The SMILES string of the molecule is CCC[C@@H](NC(=O)N1CCC[C@H]1C1CCC1)c1ccccn1. The Morgan fingerprint density at radius 1 is 1.36 bits per heavy atom. The van der Waals surface area contributed by atoms with E-state index in [1.54, 1.807) is 6.20 Å². The van der Waals surface area contributed by atoms with E-state index >= 15 is 0 Å². The Morgan fingerprint density at radius 3 is 2.86 bits per heavy atom. The van der Waals surface area contributed by atoms with Crippen LogP contribution in [0.2, 0.25) is 0 Å². The zero-order chi connectivity index (χ0) is 15.4. The lowest BCUT2D eigenvalue weighted by Gasteiger charge is -2.37. The molecular formula is C18H27N3O. The van der Waals surface area contributed by atoms with E-state index in [-0.39, 0.29) is 12.1 Å². The minimum absolute atomic E-state index is 0.0290. The lowest BCUT2D eigenvalue weighted by Crippen LogP contribution is -2.48. The summed E-state index contributed by atoms with van der Waals surface area (Å²) in [7, 11) is 0. The van der Waals surface area contributed by atoms with E-state index in [0.717, 1.165) is 37.4 Å². The number of amides is 2. The van der Waals surface area contributed by atoms with Crippen LogP contribution in [0, 0.1) is 5.92 Å². The maximum atomic E-state index is 12.7. The number of hydrogen-bond donors (Lipinski definition) is 1. The van der Waals surface area contributed by atoms with E-state index in [9.17, 15) is 4.79 Å². The second-order valence-electron chi connectivity index (χ2n) is 6.64. The average molecular weight is 301 g/mol. The second kappa shape index (κ2) is 7.12. The topological polar surface area (TPSA) is 45.2 Å². The molecule has 4 nitrogen and oxygen atoms in total. The largest absolute Gasteiger partial charge is 0.330 e. The maximum absolute atomic E-state index is 12.7. The third-order valence-corrected chi connectivity index (χ3v) is 5.17. The van der Waals surface area contributed by atoms with E-state index in [1.807, 2.05) is 18.2 Å². The number of likely N-dealkylation sites (tertiary alicyclic amines) is 1. The van der Waals surface area contributed by atoms with Crippen molar-refractivity contribution in [3.63, 3.8) is 0 Å². The van der Waals surface area contributed by atoms with Gasteiger partial charge in [-0.2, -0.15) is 0 Å². The molecule has 2 fully saturated rings. The number of pyridine rings is 1. The second-order valence-corrected chi connectivity index (χ2v) is 6.64. The Labute approximate surface area is 133 Å². The lowest BCUT2D eigenvalue weighted by molar-refractivity contribution is 0.136. The van der Waals surface area contributed by atoms with Crippen LogP contribution in [0.5, 0.6) is 0 Å². The quantitative estimate of drug-likeness (QED) is 0.896. The van der Waals surface area contributed by atoms with E-state index in [1.165, 1.54) is 25.7 Å². The molecule has 2 atom stereocenters. The molecule has 0 unspecified atom stereocenters. The number of nitrogens with one attached hydrogen (secondary N) is 1. The summed E-state index contributed by atoms with van der Waals surface area (Å²) in [6, 6.07) is 6.53. The highest BCUT2D eigenvalue weighted by atomic mass is 16.2. The van der Waals surface area contributed by atoms with Crippen LogP contribution in [0.1, 0.15) is 63.6 Å². The molecule has 0 aromatic carbocycles. The summed E-state index contributed by atoms with van der Waals surface area (Å²) in [5.41, 5.74) is 0.970. The molecule has 0 radical (unpaired) electrons. The van der Waals surface area contributed by atoms with Gasteiger partial charge in [0.2, 0.25) is 0 Å². The van der Waals surface area contributed by atoms with Crippen LogP contribution < -0.4 is 5.32 Å². The van der Waals surface area contributed by atoms with Crippen LogP contribution in [-0.4, -0.2) is 28.5 Å². The summed E-state index contributed by atoms with van der Waals surface area (Å²) in [5.74, 6) is 0.743. The molecule has 1 aromatic heterocycles. The smallest absolute Gasteiger partial charge is 0.318 e. The number of aromatic nitrogens is 1. The molecule has 1 saturated heterocycles. The van der Waals surface area contributed by atoms with E-state index in [4.69, 9.17) is 0 Å². The molecule has 1 aromatic rings. The zero-order valence-corrected chi connectivity index (χ0v) is 13.5. The number of rotatable bonds is 5. The maximum Gasteiger partial charge on any atom is 0.318 e. The van der Waals surface area contributed by atoms with Crippen molar-refractivity contribution < 1.29 is 4.79 Å². The monoisotopic (exact) mass is 301 g/mol. The predicted molar refractivity (Wildman–Crippen MR) is 87.5 cm³/mol. The molecule has 1 N–H and O–H groups in total. The molecule has 0 bridgehead atoms. The third kappa shape index (κ3) is 3.26. The van der Waals surface area contributed by atoms with E-state index in [0.29, 0.717) is 6.04 Å². The molecule has 1 saturated carbocycles. The minimum Gasteiger partial charge on any atom is -0.330 e. The summed E-state index contributed by atoms with van der Waals surface area (Å²) in [6.07, 6.45) is 10.0. The van der Waals surface area contributed by atoms with Gasteiger partial charge in [-0.25, -0.2) is 4.79 Å². The number of urea groups is 1. The fourth-order valence-corrected chi connectivity index (χ4v) is 3.76. The van der Waals surface area contributed by atoms with Gasteiger partial charge in [0.05, 0.1) is 11.7 Å². The van der Waals surface area contributed by atoms with Gasteiger partial charge in [-0.05, 0) is 50.2 Å². The van der Waals surface area contributed by atoms with E-state index in [2.05, 4.69) is 22.1 Å². The Bertz CT molecular complexity index is 486. The van der Waals surface area contributed by atoms with Crippen molar-refractivity contribution in [2.45, 2.75) is 64.0 Å². The Kier molecular flexibility index (Phi) is 4.96. The van der Waals surface area contributed by atoms with Crippen LogP contribution in [-0.2, 0) is 0 Å². The predicted octanol–water partition coefficient (Wildman–Crippen LogP) is 3.90. The van der Waals surface area contributed by atoms with Crippen LogP contribution in [0.15, 0.2) is 24.4 Å². The van der Waals surface area contributed by atoms with Gasteiger partial charge < -0.3 is 10.2 Å². The molecule has 1 aliphatic carbocycles. The molecule has 3 rings (SSSR count). The summed E-state index contributed by atoms with van der Waals surface area (Å²) in [5, 5.41) is 3.23. The first kappa shape index (κ1) is 15.3. The van der Waals surface area contributed by atoms with Crippen molar-refractivity contribution in [3.8, 4) is 0 Å². The van der Waals surface area contributed by atoms with Gasteiger partial charge >= 0.3 is 6.03 Å². The minimum atomic E-state index is 0.0290. The van der Waals surface area contributed by atoms with Gasteiger partial charge in [0.25, 0.3) is 0 Å². The highest BCUT2D eigenvalue weighted by Crippen LogP contribution is 2.37. The van der Waals surface area contributed by atoms with Crippen LogP contribution in [0.4, 0.5) is 4.79 Å². The van der Waals surface area contributed by atoms with Gasteiger partial charge in [0, 0.05) is 18.8 Å². The van der Waals surface area contributed by atoms with Crippen molar-refractivity contribution >= 4 is 6.03 Å². The number of carbonyl (C=O) groups is 1. The van der Waals surface area contributed by atoms with Crippen molar-refractivity contribution in [1.82, 2.24) is 15.2 Å². The lowest BCUT2D eigenvalue weighted by atomic mass is 9.79.